The number of carbonyl (C=O) groups is 1. The number of likely N-dealkylation sites (tertiary alicyclic amines) is 1. The second-order valence-electron chi connectivity index (χ2n) is 4.68. The van der Waals surface area contributed by atoms with Gasteiger partial charge in [0.05, 0.1) is 6.26 Å². The molecule has 2 N–H and O–H groups in total. The summed E-state index contributed by atoms with van der Waals surface area (Å²) < 4.78 is 10.3. The highest BCUT2D eigenvalue weighted by Crippen LogP contribution is 2.21. The zero-order valence-corrected chi connectivity index (χ0v) is 11.6. The lowest BCUT2D eigenvalue weighted by Crippen LogP contribution is -2.42. The van der Waals surface area contributed by atoms with Crippen LogP contribution in [-0.4, -0.2) is 35.1 Å². The fourth-order valence-electron chi connectivity index (χ4n) is 2.18. The zero-order valence-electron chi connectivity index (χ0n) is 10.8. The Labute approximate surface area is 122 Å². The molecule has 1 amide bonds. The molecule has 0 saturated carbocycles. The number of hydrogen-bond donors (Lipinski definition) is 1. The summed E-state index contributed by atoms with van der Waals surface area (Å²) in [6, 6.07) is 5.32. The summed E-state index contributed by atoms with van der Waals surface area (Å²) in [6.07, 6.45) is 3.20. The lowest BCUT2D eigenvalue weighted by Gasteiger charge is -2.29. The van der Waals surface area contributed by atoms with Gasteiger partial charge >= 0.3 is 0 Å². The molecule has 0 bridgehead atoms. The molecular formula is C13H16ClN3O3. The Hall–Kier alpha value is -1.79. The average Bonchev–Trinajstić information content (AvgIpc) is 3.10. The minimum atomic E-state index is -0.117. The van der Waals surface area contributed by atoms with Gasteiger partial charge in [0, 0.05) is 25.2 Å². The topological polar surface area (TPSA) is 85.5 Å². The van der Waals surface area contributed by atoms with Gasteiger partial charge in [-0.1, -0.05) is 5.16 Å². The molecule has 1 fully saturated rings. The summed E-state index contributed by atoms with van der Waals surface area (Å²) in [7, 11) is 0. The van der Waals surface area contributed by atoms with Gasteiger partial charge in [0.2, 0.25) is 5.76 Å². The largest absolute Gasteiger partial charge is 0.461 e. The van der Waals surface area contributed by atoms with Gasteiger partial charge in [-0.25, -0.2) is 0 Å². The molecule has 1 aliphatic rings. The molecule has 3 rings (SSSR count). The van der Waals surface area contributed by atoms with Gasteiger partial charge in [-0.3, -0.25) is 4.79 Å². The van der Waals surface area contributed by atoms with Gasteiger partial charge in [0.15, 0.2) is 11.5 Å². The monoisotopic (exact) mass is 297 g/mol. The van der Waals surface area contributed by atoms with Crippen LogP contribution in [-0.2, 0) is 0 Å². The van der Waals surface area contributed by atoms with Gasteiger partial charge < -0.3 is 19.6 Å². The first-order valence-electron chi connectivity index (χ1n) is 6.29. The van der Waals surface area contributed by atoms with Crippen LogP contribution in [0.5, 0.6) is 0 Å². The number of nitrogens with two attached hydrogens (primary N) is 1. The SMILES string of the molecule is Cl.NC1CCN(C(=O)c2cc(-c3ccco3)on2)CC1. The average molecular weight is 298 g/mol. The molecule has 7 heteroatoms. The fraction of sp³-hybridized carbons (Fsp3) is 0.385. The van der Waals surface area contributed by atoms with Crippen molar-refractivity contribution in [3.8, 4) is 11.5 Å². The maximum Gasteiger partial charge on any atom is 0.276 e. The minimum Gasteiger partial charge on any atom is -0.461 e. The van der Waals surface area contributed by atoms with Gasteiger partial charge in [0.1, 0.15) is 0 Å². The number of carbonyl (C=O) groups excluding carboxylic acids is 1. The third-order valence-corrected chi connectivity index (χ3v) is 3.32. The van der Waals surface area contributed by atoms with E-state index >= 15 is 0 Å². The quantitative estimate of drug-likeness (QED) is 0.915. The maximum atomic E-state index is 12.2. The molecule has 0 aromatic carbocycles. The van der Waals surface area contributed by atoms with Gasteiger partial charge in [-0.15, -0.1) is 12.4 Å². The second-order valence-corrected chi connectivity index (χ2v) is 4.68. The van der Waals surface area contributed by atoms with Crippen LogP contribution in [0.2, 0.25) is 0 Å². The molecule has 0 atom stereocenters. The van der Waals surface area contributed by atoms with Crippen molar-refractivity contribution < 1.29 is 13.7 Å². The Morgan fingerprint density at radius 1 is 1.35 bits per heavy atom. The highest BCUT2D eigenvalue weighted by atomic mass is 35.5. The number of hydrogen-bond acceptors (Lipinski definition) is 5. The van der Waals surface area contributed by atoms with E-state index in [1.807, 2.05) is 0 Å². The van der Waals surface area contributed by atoms with Crippen molar-refractivity contribution in [2.45, 2.75) is 18.9 Å². The summed E-state index contributed by atoms with van der Waals surface area (Å²) in [5.41, 5.74) is 6.13. The van der Waals surface area contributed by atoms with E-state index in [4.69, 9.17) is 14.7 Å². The standard InChI is InChI=1S/C13H15N3O3.ClH/c14-9-3-5-16(6-4-9)13(17)10-8-12(19-15-10)11-2-1-7-18-11;/h1-2,7-9H,3-6,14H2;1H. The Bertz CT molecular complexity index is 559. The number of amides is 1. The molecular weight excluding hydrogens is 282 g/mol. The van der Waals surface area contributed by atoms with Crippen molar-refractivity contribution in [1.29, 1.82) is 0 Å². The second kappa shape index (κ2) is 6.11. The van der Waals surface area contributed by atoms with Gasteiger partial charge in [0.25, 0.3) is 5.91 Å². The van der Waals surface area contributed by atoms with Crippen LogP contribution in [0.25, 0.3) is 11.5 Å². The molecule has 0 radical (unpaired) electrons. The van der Waals surface area contributed by atoms with Crippen LogP contribution in [0.1, 0.15) is 23.3 Å². The van der Waals surface area contributed by atoms with E-state index in [1.54, 1.807) is 29.4 Å². The fourth-order valence-corrected chi connectivity index (χ4v) is 2.18. The molecule has 0 spiro atoms. The third kappa shape index (κ3) is 2.86. The van der Waals surface area contributed by atoms with Crippen molar-refractivity contribution >= 4 is 18.3 Å². The molecule has 3 heterocycles. The molecule has 2 aromatic rings. The number of piperidine rings is 1. The molecule has 2 aromatic heterocycles. The molecule has 20 heavy (non-hydrogen) atoms. The van der Waals surface area contributed by atoms with Gasteiger partial charge in [-0.2, -0.15) is 0 Å². The summed E-state index contributed by atoms with van der Waals surface area (Å²) >= 11 is 0. The highest BCUT2D eigenvalue weighted by Gasteiger charge is 2.24. The molecule has 1 aliphatic heterocycles. The summed E-state index contributed by atoms with van der Waals surface area (Å²) in [4.78, 5) is 14.0. The third-order valence-electron chi connectivity index (χ3n) is 3.32. The minimum absolute atomic E-state index is 0. The van der Waals surface area contributed by atoms with Crippen molar-refractivity contribution in [2.75, 3.05) is 13.1 Å². The summed E-state index contributed by atoms with van der Waals surface area (Å²) in [6.45, 7) is 1.34. The molecule has 1 saturated heterocycles. The molecule has 0 unspecified atom stereocenters. The molecule has 108 valence electrons. The summed E-state index contributed by atoms with van der Waals surface area (Å²) in [5, 5.41) is 3.81. The van der Waals surface area contributed by atoms with E-state index in [1.165, 1.54) is 0 Å². The van der Waals surface area contributed by atoms with Crippen molar-refractivity contribution in [3.63, 3.8) is 0 Å². The Balaban J connectivity index is 0.00000147. The lowest BCUT2D eigenvalue weighted by atomic mass is 10.1. The van der Waals surface area contributed by atoms with Crippen molar-refractivity contribution in [3.05, 3.63) is 30.2 Å². The number of nitrogens with zero attached hydrogens (tertiary/aromatic N) is 2. The maximum absolute atomic E-state index is 12.2. The highest BCUT2D eigenvalue weighted by molar-refractivity contribution is 5.93. The van der Waals surface area contributed by atoms with Crippen molar-refractivity contribution in [1.82, 2.24) is 10.1 Å². The Morgan fingerprint density at radius 2 is 2.10 bits per heavy atom. The van der Waals surface area contributed by atoms with Crippen LogP contribution < -0.4 is 5.73 Å². The molecule has 6 nitrogen and oxygen atoms in total. The van der Waals surface area contributed by atoms with Crippen LogP contribution >= 0.6 is 12.4 Å². The van der Waals surface area contributed by atoms with E-state index in [9.17, 15) is 4.79 Å². The van der Waals surface area contributed by atoms with Crippen LogP contribution in [0.4, 0.5) is 0 Å². The van der Waals surface area contributed by atoms with Crippen molar-refractivity contribution in [2.24, 2.45) is 5.73 Å². The van der Waals surface area contributed by atoms with E-state index in [-0.39, 0.29) is 24.4 Å². The predicted molar refractivity (Wildman–Crippen MR) is 74.6 cm³/mol. The van der Waals surface area contributed by atoms with E-state index < -0.39 is 0 Å². The first-order valence-corrected chi connectivity index (χ1v) is 6.29. The number of furan rings is 1. The van der Waals surface area contributed by atoms with Crippen LogP contribution in [0.3, 0.4) is 0 Å². The van der Waals surface area contributed by atoms with Crippen LogP contribution in [0.15, 0.2) is 33.4 Å². The van der Waals surface area contributed by atoms with E-state index in [0.29, 0.717) is 30.3 Å². The lowest BCUT2D eigenvalue weighted by molar-refractivity contribution is 0.0704. The Morgan fingerprint density at radius 3 is 2.75 bits per heavy atom. The number of halogens is 1. The molecule has 0 aliphatic carbocycles. The van der Waals surface area contributed by atoms with Crippen LogP contribution in [0, 0.1) is 0 Å². The van der Waals surface area contributed by atoms with Gasteiger partial charge in [-0.05, 0) is 25.0 Å². The zero-order chi connectivity index (χ0) is 13.2. The first-order chi connectivity index (χ1) is 9.24. The smallest absolute Gasteiger partial charge is 0.276 e. The predicted octanol–water partition coefficient (Wildman–Crippen LogP) is 1.92. The van der Waals surface area contributed by atoms with E-state index in [0.717, 1.165) is 12.8 Å². The summed E-state index contributed by atoms with van der Waals surface area (Å²) in [5.74, 6) is 0.905. The number of aromatic nitrogens is 1. The number of rotatable bonds is 2. The van der Waals surface area contributed by atoms with E-state index in [2.05, 4.69) is 5.16 Å². The normalized spacial score (nSPS) is 15.9. The Kier molecular flexibility index (Phi) is 4.46. The first kappa shape index (κ1) is 14.6.